The highest BCUT2D eigenvalue weighted by Crippen LogP contribution is 2.21. The Bertz CT molecular complexity index is 992. The van der Waals surface area contributed by atoms with E-state index >= 15 is 0 Å². The third-order valence-corrected chi connectivity index (χ3v) is 3.46. The Morgan fingerprint density at radius 2 is 2.09 bits per heavy atom. The van der Waals surface area contributed by atoms with Crippen LogP contribution < -0.4 is 5.32 Å². The Morgan fingerprint density at radius 3 is 2.96 bits per heavy atom. The van der Waals surface area contributed by atoms with Crippen molar-refractivity contribution in [3.05, 3.63) is 66.2 Å². The third kappa shape index (κ3) is 2.62. The van der Waals surface area contributed by atoms with Crippen LogP contribution in [-0.4, -0.2) is 24.1 Å². The number of imidazole rings is 1. The number of fused-ring (bicyclic) bond motifs is 1. The minimum Gasteiger partial charge on any atom is -0.322 e. The van der Waals surface area contributed by atoms with Crippen LogP contribution in [0.4, 0.5) is 16.0 Å². The van der Waals surface area contributed by atoms with Gasteiger partial charge in [0.05, 0.1) is 6.20 Å². The lowest BCUT2D eigenvalue weighted by Crippen LogP contribution is -2.01. The molecule has 3 aromatic heterocycles. The molecule has 114 valence electrons. The second kappa shape index (κ2) is 5.36. The molecule has 0 bridgehead atoms. The summed E-state index contributed by atoms with van der Waals surface area (Å²) in [7, 11) is 0. The summed E-state index contributed by atoms with van der Waals surface area (Å²) in [6, 6.07) is 9.97. The van der Waals surface area contributed by atoms with Crippen molar-refractivity contribution in [2.24, 2.45) is 0 Å². The van der Waals surface area contributed by atoms with Crippen LogP contribution in [0, 0.1) is 5.82 Å². The van der Waals surface area contributed by atoms with Crippen LogP contribution in [0.15, 0.2) is 55.1 Å². The van der Waals surface area contributed by atoms with E-state index in [1.165, 1.54) is 12.1 Å². The molecule has 0 fully saturated rings. The Morgan fingerprint density at radius 1 is 1.17 bits per heavy atom. The molecule has 0 radical (unpaired) electrons. The molecule has 0 amide bonds. The summed E-state index contributed by atoms with van der Waals surface area (Å²) in [4.78, 5) is 8.43. The molecule has 0 saturated heterocycles. The molecule has 0 aliphatic carbocycles. The summed E-state index contributed by atoms with van der Waals surface area (Å²) >= 11 is 5.92. The van der Waals surface area contributed by atoms with E-state index in [0.29, 0.717) is 17.3 Å². The van der Waals surface area contributed by atoms with Gasteiger partial charge < -0.3 is 9.88 Å². The second-order valence-electron chi connectivity index (χ2n) is 4.84. The highest BCUT2D eigenvalue weighted by molar-refractivity contribution is 6.28. The monoisotopic (exact) mass is 328 g/mol. The lowest BCUT2D eigenvalue weighted by atomic mass is 10.3. The molecule has 0 aliphatic heterocycles. The number of nitrogens with zero attached hydrogens (tertiary/aromatic N) is 5. The van der Waals surface area contributed by atoms with Crippen molar-refractivity contribution < 1.29 is 4.39 Å². The molecule has 8 heteroatoms. The molecule has 0 atom stereocenters. The number of aromatic nitrogens is 5. The van der Waals surface area contributed by atoms with E-state index in [4.69, 9.17) is 11.6 Å². The van der Waals surface area contributed by atoms with E-state index in [1.54, 1.807) is 39.9 Å². The molecule has 3 heterocycles. The van der Waals surface area contributed by atoms with Crippen LogP contribution >= 0.6 is 11.6 Å². The number of anilines is 2. The van der Waals surface area contributed by atoms with Crippen LogP contribution in [0.3, 0.4) is 0 Å². The smallest absolute Gasteiger partial charge is 0.243 e. The molecule has 4 rings (SSSR count). The first-order valence-electron chi connectivity index (χ1n) is 6.77. The summed E-state index contributed by atoms with van der Waals surface area (Å²) in [5, 5.41) is 7.29. The first-order valence-corrected chi connectivity index (χ1v) is 7.15. The fraction of sp³-hybridized carbons (Fsp3) is 0. The van der Waals surface area contributed by atoms with Gasteiger partial charge in [0.25, 0.3) is 0 Å². The van der Waals surface area contributed by atoms with Gasteiger partial charge in [0.15, 0.2) is 5.82 Å². The van der Waals surface area contributed by atoms with E-state index in [9.17, 15) is 4.39 Å². The zero-order valence-electron chi connectivity index (χ0n) is 11.7. The predicted octanol–water partition coefficient (Wildman–Crippen LogP) is 3.45. The number of nitrogens with one attached hydrogen (secondary N) is 1. The number of rotatable bonds is 3. The molecular formula is C15H10ClFN6. The van der Waals surface area contributed by atoms with Gasteiger partial charge in [-0.05, 0) is 41.9 Å². The largest absolute Gasteiger partial charge is 0.322 e. The van der Waals surface area contributed by atoms with Gasteiger partial charge in [-0.25, -0.2) is 13.9 Å². The molecule has 6 nitrogen and oxygen atoms in total. The van der Waals surface area contributed by atoms with Gasteiger partial charge in [-0.2, -0.15) is 4.98 Å². The summed E-state index contributed by atoms with van der Waals surface area (Å²) in [6.45, 7) is 0. The van der Waals surface area contributed by atoms with E-state index in [1.807, 2.05) is 12.1 Å². The quantitative estimate of drug-likeness (QED) is 0.625. The number of hydrogen-bond acceptors (Lipinski definition) is 4. The maximum Gasteiger partial charge on any atom is 0.243 e. The van der Waals surface area contributed by atoms with Crippen molar-refractivity contribution in [3.8, 4) is 5.69 Å². The molecular weight excluding hydrogens is 319 g/mol. The van der Waals surface area contributed by atoms with Crippen LogP contribution in [0.25, 0.3) is 11.2 Å². The van der Waals surface area contributed by atoms with Crippen LogP contribution in [0.1, 0.15) is 0 Å². The Hall–Kier alpha value is -2.93. The van der Waals surface area contributed by atoms with Crippen molar-refractivity contribution in [3.63, 3.8) is 0 Å². The summed E-state index contributed by atoms with van der Waals surface area (Å²) in [5.41, 5.74) is 1.45. The minimum atomic E-state index is -0.303. The summed E-state index contributed by atoms with van der Waals surface area (Å²) in [5.74, 6) is 0.801. The lowest BCUT2D eigenvalue weighted by molar-refractivity contribution is 0.626. The van der Waals surface area contributed by atoms with E-state index in [0.717, 1.165) is 5.52 Å². The minimum absolute atomic E-state index is 0.126. The molecule has 0 aliphatic rings. The normalized spacial score (nSPS) is 11.0. The van der Waals surface area contributed by atoms with Crippen molar-refractivity contribution in [1.29, 1.82) is 0 Å². The van der Waals surface area contributed by atoms with Gasteiger partial charge >= 0.3 is 0 Å². The van der Waals surface area contributed by atoms with Crippen molar-refractivity contribution >= 4 is 28.8 Å². The molecule has 4 aromatic rings. The van der Waals surface area contributed by atoms with Crippen LogP contribution in [0.5, 0.6) is 0 Å². The van der Waals surface area contributed by atoms with Gasteiger partial charge in [0, 0.05) is 11.9 Å². The van der Waals surface area contributed by atoms with Crippen molar-refractivity contribution in [1.82, 2.24) is 24.1 Å². The Labute approximate surface area is 135 Å². The van der Waals surface area contributed by atoms with Gasteiger partial charge in [-0.15, -0.1) is 5.10 Å². The molecule has 0 unspecified atom stereocenters. The maximum absolute atomic E-state index is 13.3. The van der Waals surface area contributed by atoms with E-state index in [2.05, 4.69) is 20.4 Å². The molecule has 1 N–H and O–H groups in total. The fourth-order valence-corrected chi connectivity index (χ4v) is 2.45. The lowest BCUT2D eigenvalue weighted by Gasteiger charge is -2.05. The SMILES string of the molecule is Fc1cccc(-n2cnc(Nc3nc(Cl)nn4cccc34)c2)c1. The highest BCUT2D eigenvalue weighted by atomic mass is 35.5. The first kappa shape index (κ1) is 13.7. The first-order chi connectivity index (χ1) is 11.2. The third-order valence-electron chi connectivity index (χ3n) is 3.30. The standard InChI is InChI=1S/C15H10ClFN6/c16-15-20-14(12-5-2-6-23(12)21-15)19-13-8-22(9-18-13)11-4-1-3-10(17)7-11/h1-9H,(H,19,20,21). The molecule has 0 saturated carbocycles. The zero-order chi connectivity index (χ0) is 15.8. The van der Waals surface area contributed by atoms with E-state index in [-0.39, 0.29) is 11.1 Å². The number of hydrogen-bond donors (Lipinski definition) is 1. The number of benzene rings is 1. The fourth-order valence-electron chi connectivity index (χ4n) is 2.29. The van der Waals surface area contributed by atoms with Gasteiger partial charge in [0.2, 0.25) is 5.28 Å². The van der Waals surface area contributed by atoms with Gasteiger partial charge in [0.1, 0.15) is 23.5 Å². The van der Waals surface area contributed by atoms with Crippen LogP contribution in [0.2, 0.25) is 5.28 Å². The summed E-state index contributed by atoms with van der Waals surface area (Å²) < 4.78 is 16.6. The van der Waals surface area contributed by atoms with Crippen molar-refractivity contribution in [2.75, 3.05) is 5.32 Å². The topological polar surface area (TPSA) is 60.0 Å². The number of halogens is 2. The molecule has 0 spiro atoms. The van der Waals surface area contributed by atoms with E-state index < -0.39 is 0 Å². The second-order valence-corrected chi connectivity index (χ2v) is 5.18. The van der Waals surface area contributed by atoms with Crippen molar-refractivity contribution in [2.45, 2.75) is 0 Å². The maximum atomic E-state index is 13.3. The average Bonchev–Trinajstić information content (AvgIpc) is 3.16. The van der Waals surface area contributed by atoms with Crippen LogP contribution in [-0.2, 0) is 0 Å². The summed E-state index contributed by atoms with van der Waals surface area (Å²) in [6.07, 6.45) is 5.11. The molecule has 23 heavy (non-hydrogen) atoms. The van der Waals surface area contributed by atoms with Gasteiger partial charge in [-0.1, -0.05) is 6.07 Å². The molecule has 1 aromatic carbocycles. The van der Waals surface area contributed by atoms with Gasteiger partial charge in [-0.3, -0.25) is 0 Å². The Balaban J connectivity index is 1.68. The Kier molecular flexibility index (Phi) is 3.20. The zero-order valence-corrected chi connectivity index (χ0v) is 12.4. The predicted molar refractivity (Wildman–Crippen MR) is 84.8 cm³/mol. The average molecular weight is 329 g/mol. The highest BCUT2D eigenvalue weighted by Gasteiger charge is 2.09.